The maximum atomic E-state index is 5.84. The molecule has 0 radical (unpaired) electrons. The molecule has 1 N–H and O–H groups in total. The van der Waals surface area contributed by atoms with Gasteiger partial charge in [-0.25, -0.2) is 0 Å². The zero-order valence-corrected chi connectivity index (χ0v) is 15.9. The minimum absolute atomic E-state index is 0.464. The zero-order valence-electron chi connectivity index (χ0n) is 15.9. The SMILES string of the molecule is CCN(CC)CC(c1ccc(OCC(C)C)cc1)N1CCNCC1. The van der Waals surface area contributed by atoms with Crippen LogP contribution in [0.3, 0.4) is 0 Å². The fourth-order valence-electron chi connectivity index (χ4n) is 3.20. The summed E-state index contributed by atoms with van der Waals surface area (Å²) in [7, 11) is 0. The second-order valence-corrected chi connectivity index (χ2v) is 7.06. The lowest BCUT2D eigenvalue weighted by Crippen LogP contribution is -2.48. The Balaban J connectivity index is 2.09. The van der Waals surface area contributed by atoms with Crippen LogP contribution in [-0.4, -0.2) is 62.2 Å². The maximum absolute atomic E-state index is 5.84. The van der Waals surface area contributed by atoms with Crippen LogP contribution < -0.4 is 10.1 Å². The molecule has 0 aliphatic carbocycles. The van der Waals surface area contributed by atoms with Gasteiger partial charge in [0.05, 0.1) is 6.61 Å². The van der Waals surface area contributed by atoms with Crippen molar-refractivity contribution in [2.45, 2.75) is 33.7 Å². The predicted octanol–water partition coefficient (Wildman–Crippen LogP) is 3.01. The molecule has 0 aromatic heterocycles. The van der Waals surface area contributed by atoms with Gasteiger partial charge in [0.15, 0.2) is 0 Å². The summed E-state index contributed by atoms with van der Waals surface area (Å²) in [5.74, 6) is 1.54. The van der Waals surface area contributed by atoms with E-state index in [1.54, 1.807) is 0 Å². The van der Waals surface area contributed by atoms with Crippen molar-refractivity contribution in [3.63, 3.8) is 0 Å². The maximum Gasteiger partial charge on any atom is 0.119 e. The number of piperazine rings is 1. The molecule has 2 rings (SSSR count). The van der Waals surface area contributed by atoms with Crippen LogP contribution in [0.15, 0.2) is 24.3 Å². The first-order chi connectivity index (χ1) is 11.6. The smallest absolute Gasteiger partial charge is 0.119 e. The van der Waals surface area contributed by atoms with E-state index in [0.29, 0.717) is 12.0 Å². The molecular formula is C20H35N3O. The van der Waals surface area contributed by atoms with Crippen LogP contribution in [0.2, 0.25) is 0 Å². The number of ether oxygens (including phenoxy) is 1. The quantitative estimate of drug-likeness (QED) is 0.752. The third-order valence-electron chi connectivity index (χ3n) is 4.77. The number of likely N-dealkylation sites (N-methyl/N-ethyl adjacent to an activating group) is 1. The Labute approximate surface area is 148 Å². The second-order valence-electron chi connectivity index (χ2n) is 7.06. The Morgan fingerprint density at radius 2 is 1.71 bits per heavy atom. The van der Waals surface area contributed by atoms with Gasteiger partial charge < -0.3 is 15.0 Å². The van der Waals surface area contributed by atoms with Crippen molar-refractivity contribution in [2.24, 2.45) is 5.92 Å². The highest BCUT2D eigenvalue weighted by Crippen LogP contribution is 2.25. The predicted molar refractivity (Wildman–Crippen MR) is 102 cm³/mol. The minimum atomic E-state index is 0.464. The molecule has 1 unspecified atom stereocenters. The summed E-state index contributed by atoms with van der Waals surface area (Å²) in [6.07, 6.45) is 0. The summed E-state index contributed by atoms with van der Waals surface area (Å²) in [5.41, 5.74) is 1.40. The summed E-state index contributed by atoms with van der Waals surface area (Å²) in [6, 6.07) is 9.24. The molecule has 1 aromatic rings. The molecule has 1 aromatic carbocycles. The molecule has 1 aliphatic heterocycles. The van der Waals surface area contributed by atoms with E-state index in [2.05, 4.69) is 67.1 Å². The van der Waals surface area contributed by atoms with Gasteiger partial charge in [-0.3, -0.25) is 4.90 Å². The highest BCUT2D eigenvalue weighted by atomic mass is 16.5. The highest BCUT2D eigenvalue weighted by molar-refractivity contribution is 5.29. The fraction of sp³-hybridized carbons (Fsp3) is 0.700. The van der Waals surface area contributed by atoms with Crippen LogP contribution in [0.25, 0.3) is 0 Å². The fourth-order valence-corrected chi connectivity index (χ4v) is 3.20. The van der Waals surface area contributed by atoms with E-state index in [0.717, 1.165) is 58.2 Å². The van der Waals surface area contributed by atoms with Gasteiger partial charge in [0.2, 0.25) is 0 Å². The van der Waals surface area contributed by atoms with Crippen molar-refractivity contribution in [1.29, 1.82) is 0 Å². The molecule has 0 amide bonds. The monoisotopic (exact) mass is 333 g/mol. The third kappa shape index (κ3) is 5.76. The van der Waals surface area contributed by atoms with Crippen molar-refractivity contribution in [2.75, 3.05) is 52.4 Å². The van der Waals surface area contributed by atoms with Crippen LogP contribution in [0.1, 0.15) is 39.3 Å². The van der Waals surface area contributed by atoms with E-state index in [1.807, 2.05) is 0 Å². The molecule has 0 saturated carbocycles. The van der Waals surface area contributed by atoms with Gasteiger partial charge in [-0.1, -0.05) is 39.8 Å². The van der Waals surface area contributed by atoms with E-state index in [-0.39, 0.29) is 0 Å². The van der Waals surface area contributed by atoms with Gasteiger partial charge in [-0.15, -0.1) is 0 Å². The average molecular weight is 334 g/mol. The van der Waals surface area contributed by atoms with E-state index < -0.39 is 0 Å². The van der Waals surface area contributed by atoms with E-state index >= 15 is 0 Å². The standard InChI is InChI=1S/C20H35N3O/c1-5-22(6-2)15-20(23-13-11-21-12-14-23)18-7-9-19(10-8-18)24-16-17(3)4/h7-10,17,20-21H,5-6,11-16H2,1-4H3. The normalized spacial score (nSPS) is 17.4. The Bertz CT molecular complexity index is 450. The van der Waals surface area contributed by atoms with E-state index in [9.17, 15) is 0 Å². The Hall–Kier alpha value is -1.10. The molecule has 136 valence electrons. The third-order valence-corrected chi connectivity index (χ3v) is 4.77. The van der Waals surface area contributed by atoms with Gasteiger partial charge in [-0.05, 0) is 36.7 Å². The molecule has 1 aliphatic rings. The lowest BCUT2D eigenvalue weighted by molar-refractivity contribution is 0.129. The summed E-state index contributed by atoms with van der Waals surface area (Å²) >= 11 is 0. The van der Waals surface area contributed by atoms with E-state index in [1.165, 1.54) is 5.56 Å². The van der Waals surface area contributed by atoms with Gasteiger partial charge in [0, 0.05) is 38.8 Å². The number of nitrogens with zero attached hydrogens (tertiary/aromatic N) is 2. The molecule has 1 fully saturated rings. The number of hydrogen-bond acceptors (Lipinski definition) is 4. The average Bonchev–Trinajstić information content (AvgIpc) is 2.62. The number of rotatable bonds is 9. The van der Waals surface area contributed by atoms with Crippen LogP contribution in [0.4, 0.5) is 0 Å². The molecule has 1 heterocycles. The second kappa shape index (κ2) is 10.0. The van der Waals surface area contributed by atoms with Gasteiger partial charge in [-0.2, -0.15) is 0 Å². The van der Waals surface area contributed by atoms with Crippen molar-refractivity contribution >= 4 is 0 Å². The lowest BCUT2D eigenvalue weighted by atomic mass is 10.0. The van der Waals surface area contributed by atoms with Crippen LogP contribution in [0, 0.1) is 5.92 Å². The molecule has 1 atom stereocenters. The van der Waals surface area contributed by atoms with Crippen molar-refractivity contribution < 1.29 is 4.74 Å². The molecular weight excluding hydrogens is 298 g/mol. The first kappa shape index (κ1) is 19.2. The molecule has 4 heteroatoms. The van der Waals surface area contributed by atoms with Crippen LogP contribution in [0.5, 0.6) is 5.75 Å². The summed E-state index contributed by atoms with van der Waals surface area (Å²) in [6.45, 7) is 17.4. The Morgan fingerprint density at radius 1 is 1.08 bits per heavy atom. The van der Waals surface area contributed by atoms with Crippen molar-refractivity contribution in [1.82, 2.24) is 15.1 Å². The first-order valence-electron chi connectivity index (χ1n) is 9.53. The van der Waals surface area contributed by atoms with Gasteiger partial charge >= 0.3 is 0 Å². The lowest BCUT2D eigenvalue weighted by Gasteiger charge is -2.37. The Morgan fingerprint density at radius 3 is 2.25 bits per heavy atom. The summed E-state index contributed by atoms with van der Waals surface area (Å²) < 4.78 is 5.84. The molecule has 0 spiro atoms. The summed E-state index contributed by atoms with van der Waals surface area (Å²) in [4.78, 5) is 5.15. The number of nitrogens with one attached hydrogen (secondary N) is 1. The highest BCUT2D eigenvalue weighted by Gasteiger charge is 2.23. The van der Waals surface area contributed by atoms with Gasteiger partial charge in [0.25, 0.3) is 0 Å². The molecule has 24 heavy (non-hydrogen) atoms. The number of benzene rings is 1. The van der Waals surface area contributed by atoms with Crippen LogP contribution in [-0.2, 0) is 0 Å². The van der Waals surface area contributed by atoms with Crippen molar-refractivity contribution in [3.8, 4) is 5.75 Å². The molecule has 4 nitrogen and oxygen atoms in total. The topological polar surface area (TPSA) is 27.7 Å². The largest absolute Gasteiger partial charge is 0.493 e. The molecule has 1 saturated heterocycles. The minimum Gasteiger partial charge on any atom is -0.493 e. The Kier molecular flexibility index (Phi) is 8.03. The first-order valence-corrected chi connectivity index (χ1v) is 9.53. The van der Waals surface area contributed by atoms with Crippen LogP contribution >= 0.6 is 0 Å². The van der Waals surface area contributed by atoms with E-state index in [4.69, 9.17) is 4.74 Å². The summed E-state index contributed by atoms with van der Waals surface area (Å²) in [5, 5.41) is 3.46. The van der Waals surface area contributed by atoms with Gasteiger partial charge in [0.1, 0.15) is 5.75 Å². The van der Waals surface area contributed by atoms with Crippen molar-refractivity contribution in [3.05, 3.63) is 29.8 Å². The number of hydrogen-bond donors (Lipinski definition) is 1. The zero-order chi connectivity index (χ0) is 17.4. The molecule has 0 bridgehead atoms.